The molecule has 114 valence electrons. The fraction of sp³-hybridized carbons (Fsp3) is 0.188. The van der Waals surface area contributed by atoms with Crippen molar-refractivity contribution in [3.63, 3.8) is 0 Å². The number of nitrogens with zero attached hydrogens (tertiary/aromatic N) is 1. The average molecular weight is 315 g/mol. The summed E-state index contributed by atoms with van der Waals surface area (Å²) in [4.78, 5) is 7.65. The number of para-hydroxylation sites is 2. The first-order valence-corrected chi connectivity index (χ1v) is 9.00. The van der Waals surface area contributed by atoms with Crippen LogP contribution in [0, 0.1) is 0 Å². The van der Waals surface area contributed by atoms with Crippen molar-refractivity contribution < 1.29 is 8.42 Å². The average Bonchev–Trinajstić information content (AvgIpc) is 2.88. The highest BCUT2D eigenvalue weighted by molar-refractivity contribution is 7.89. The third kappa shape index (κ3) is 3.65. The molecular formula is C16H17N3O2S. The van der Waals surface area contributed by atoms with Crippen LogP contribution in [0.4, 0.5) is 5.95 Å². The van der Waals surface area contributed by atoms with Crippen LogP contribution in [-0.4, -0.2) is 24.6 Å². The molecule has 3 aromatic rings. The van der Waals surface area contributed by atoms with Crippen LogP contribution in [0.5, 0.6) is 0 Å². The molecular weight excluding hydrogens is 298 g/mol. The lowest BCUT2D eigenvalue weighted by atomic mass is 10.1. The number of hydrogen-bond acceptors (Lipinski definition) is 4. The van der Waals surface area contributed by atoms with Gasteiger partial charge in [0.05, 0.1) is 16.8 Å². The first kappa shape index (κ1) is 14.6. The Balaban J connectivity index is 1.66. The van der Waals surface area contributed by atoms with E-state index in [1.54, 1.807) is 0 Å². The van der Waals surface area contributed by atoms with Gasteiger partial charge in [-0.15, -0.1) is 0 Å². The van der Waals surface area contributed by atoms with Crippen molar-refractivity contribution in [3.8, 4) is 0 Å². The Morgan fingerprint density at radius 3 is 2.41 bits per heavy atom. The molecule has 1 heterocycles. The van der Waals surface area contributed by atoms with Crippen LogP contribution in [0.25, 0.3) is 11.0 Å². The number of sulfone groups is 1. The number of rotatable bonds is 5. The normalized spacial score (nSPS) is 11.7. The van der Waals surface area contributed by atoms with Crippen LogP contribution in [0.3, 0.4) is 0 Å². The van der Waals surface area contributed by atoms with Gasteiger partial charge in [0.25, 0.3) is 0 Å². The maximum absolute atomic E-state index is 11.3. The summed E-state index contributed by atoms with van der Waals surface area (Å²) in [6, 6.07) is 15.4. The molecule has 0 fully saturated rings. The van der Waals surface area contributed by atoms with Crippen molar-refractivity contribution in [1.29, 1.82) is 0 Å². The van der Waals surface area contributed by atoms with E-state index < -0.39 is 9.84 Å². The molecule has 0 amide bonds. The van der Waals surface area contributed by atoms with E-state index in [2.05, 4.69) is 15.3 Å². The molecule has 2 N–H and O–H groups in total. The number of anilines is 1. The molecule has 2 aromatic carbocycles. The summed E-state index contributed by atoms with van der Waals surface area (Å²) in [7, 11) is -2.99. The Kier molecular flexibility index (Phi) is 3.85. The fourth-order valence-electron chi connectivity index (χ4n) is 2.28. The van der Waals surface area contributed by atoms with E-state index in [-0.39, 0.29) is 5.75 Å². The summed E-state index contributed by atoms with van der Waals surface area (Å²) in [5, 5.41) is 3.23. The largest absolute Gasteiger partial charge is 0.352 e. The number of nitrogens with one attached hydrogen (secondary N) is 2. The topological polar surface area (TPSA) is 74.8 Å². The van der Waals surface area contributed by atoms with E-state index in [1.807, 2.05) is 48.5 Å². The number of fused-ring (bicyclic) bond motifs is 1. The van der Waals surface area contributed by atoms with Crippen molar-refractivity contribution in [2.75, 3.05) is 11.6 Å². The van der Waals surface area contributed by atoms with E-state index in [9.17, 15) is 8.42 Å². The van der Waals surface area contributed by atoms with Crippen LogP contribution in [0.2, 0.25) is 0 Å². The highest BCUT2D eigenvalue weighted by atomic mass is 32.2. The Bertz CT molecular complexity index is 850. The molecule has 0 bridgehead atoms. The zero-order chi connectivity index (χ0) is 15.6. The van der Waals surface area contributed by atoms with Crippen LogP contribution in [0.1, 0.15) is 11.1 Å². The summed E-state index contributed by atoms with van der Waals surface area (Å²) < 4.78 is 22.5. The Labute approximate surface area is 129 Å². The van der Waals surface area contributed by atoms with Crippen LogP contribution in [0.15, 0.2) is 48.5 Å². The number of hydrogen-bond donors (Lipinski definition) is 2. The molecule has 22 heavy (non-hydrogen) atoms. The van der Waals surface area contributed by atoms with Crippen LogP contribution in [-0.2, 0) is 22.1 Å². The van der Waals surface area contributed by atoms with Gasteiger partial charge >= 0.3 is 0 Å². The van der Waals surface area contributed by atoms with Gasteiger partial charge < -0.3 is 10.3 Å². The van der Waals surface area contributed by atoms with E-state index in [1.165, 1.54) is 6.26 Å². The SMILES string of the molecule is CS(=O)(=O)Cc1ccc(CNc2nc3ccccc3[nH]2)cc1. The van der Waals surface area contributed by atoms with Gasteiger partial charge in [-0.25, -0.2) is 13.4 Å². The van der Waals surface area contributed by atoms with E-state index in [0.29, 0.717) is 6.54 Å². The van der Waals surface area contributed by atoms with Gasteiger partial charge in [0.2, 0.25) is 5.95 Å². The van der Waals surface area contributed by atoms with Gasteiger partial charge in [-0.05, 0) is 23.3 Å². The summed E-state index contributed by atoms with van der Waals surface area (Å²) >= 11 is 0. The summed E-state index contributed by atoms with van der Waals surface area (Å²) in [5.74, 6) is 0.797. The fourth-order valence-corrected chi connectivity index (χ4v) is 3.08. The molecule has 0 aliphatic heterocycles. The molecule has 0 radical (unpaired) electrons. The molecule has 6 heteroatoms. The highest BCUT2D eigenvalue weighted by Gasteiger charge is 2.05. The second-order valence-electron chi connectivity index (χ2n) is 5.34. The predicted molar refractivity (Wildman–Crippen MR) is 88.4 cm³/mol. The maximum atomic E-state index is 11.3. The van der Waals surface area contributed by atoms with Crippen LogP contribution >= 0.6 is 0 Å². The number of imidazole rings is 1. The smallest absolute Gasteiger partial charge is 0.201 e. The second-order valence-corrected chi connectivity index (χ2v) is 7.48. The minimum absolute atomic E-state index is 0.0737. The molecule has 1 aromatic heterocycles. The molecule has 5 nitrogen and oxygen atoms in total. The lowest BCUT2D eigenvalue weighted by Crippen LogP contribution is -2.03. The minimum Gasteiger partial charge on any atom is -0.352 e. The molecule has 0 unspecified atom stereocenters. The quantitative estimate of drug-likeness (QED) is 0.759. The lowest BCUT2D eigenvalue weighted by Gasteiger charge is -2.05. The molecule has 0 spiro atoms. The van der Waals surface area contributed by atoms with Gasteiger partial charge in [-0.2, -0.15) is 0 Å². The van der Waals surface area contributed by atoms with Crippen molar-refractivity contribution in [1.82, 2.24) is 9.97 Å². The summed E-state index contributed by atoms with van der Waals surface area (Å²) in [6.07, 6.45) is 1.24. The molecule has 0 aliphatic rings. The third-order valence-electron chi connectivity index (χ3n) is 3.30. The first-order valence-electron chi connectivity index (χ1n) is 6.94. The van der Waals surface area contributed by atoms with E-state index in [0.717, 1.165) is 28.1 Å². The molecule has 0 atom stereocenters. The molecule has 3 rings (SSSR count). The van der Waals surface area contributed by atoms with Crippen molar-refractivity contribution in [3.05, 3.63) is 59.7 Å². The standard InChI is InChI=1S/C16H17N3O2S/c1-22(20,21)11-13-8-6-12(7-9-13)10-17-16-18-14-4-2-3-5-15(14)19-16/h2-9H,10-11H2,1H3,(H2,17,18,19). The minimum atomic E-state index is -2.99. The number of H-pyrrole nitrogens is 1. The Morgan fingerprint density at radius 1 is 1.05 bits per heavy atom. The number of aromatic nitrogens is 2. The Morgan fingerprint density at radius 2 is 1.73 bits per heavy atom. The second kappa shape index (κ2) is 5.81. The molecule has 0 aliphatic carbocycles. The van der Waals surface area contributed by atoms with Crippen molar-refractivity contribution in [2.24, 2.45) is 0 Å². The summed E-state index contributed by atoms with van der Waals surface area (Å²) in [6.45, 7) is 0.624. The lowest BCUT2D eigenvalue weighted by molar-refractivity contribution is 0.601. The van der Waals surface area contributed by atoms with Gasteiger partial charge in [0, 0.05) is 12.8 Å². The summed E-state index contributed by atoms with van der Waals surface area (Å²) in [5.41, 5.74) is 3.79. The predicted octanol–water partition coefficient (Wildman–Crippen LogP) is 2.72. The van der Waals surface area contributed by atoms with Gasteiger partial charge in [0.15, 0.2) is 9.84 Å². The van der Waals surface area contributed by atoms with E-state index in [4.69, 9.17) is 0 Å². The third-order valence-corrected chi connectivity index (χ3v) is 4.16. The monoisotopic (exact) mass is 315 g/mol. The number of benzene rings is 2. The first-order chi connectivity index (χ1) is 10.5. The van der Waals surface area contributed by atoms with Gasteiger partial charge in [-0.1, -0.05) is 36.4 Å². The van der Waals surface area contributed by atoms with Gasteiger partial charge in [0.1, 0.15) is 0 Å². The Hall–Kier alpha value is -2.34. The van der Waals surface area contributed by atoms with Crippen LogP contribution < -0.4 is 5.32 Å². The van der Waals surface area contributed by atoms with Gasteiger partial charge in [-0.3, -0.25) is 0 Å². The zero-order valence-corrected chi connectivity index (χ0v) is 13.0. The molecule has 0 saturated carbocycles. The number of aromatic amines is 1. The van der Waals surface area contributed by atoms with Crippen molar-refractivity contribution >= 4 is 26.8 Å². The zero-order valence-electron chi connectivity index (χ0n) is 12.2. The van der Waals surface area contributed by atoms with Crippen molar-refractivity contribution in [2.45, 2.75) is 12.3 Å². The maximum Gasteiger partial charge on any atom is 0.201 e. The highest BCUT2D eigenvalue weighted by Crippen LogP contribution is 2.14. The van der Waals surface area contributed by atoms with E-state index >= 15 is 0 Å². The molecule has 0 saturated heterocycles.